The van der Waals surface area contributed by atoms with Gasteiger partial charge in [-0.3, -0.25) is 4.79 Å². The molecule has 1 aromatic carbocycles. The van der Waals surface area contributed by atoms with Crippen LogP contribution in [0.1, 0.15) is 19.4 Å². The summed E-state index contributed by atoms with van der Waals surface area (Å²) in [5.41, 5.74) is 6.85. The van der Waals surface area contributed by atoms with E-state index in [1.807, 2.05) is 36.9 Å². The largest absolute Gasteiger partial charge is 0.486 e. The van der Waals surface area contributed by atoms with E-state index in [1.165, 1.54) is 0 Å². The van der Waals surface area contributed by atoms with Crippen LogP contribution in [0.2, 0.25) is 0 Å². The maximum absolute atomic E-state index is 12.4. The Kier molecular flexibility index (Phi) is 5.44. The van der Waals surface area contributed by atoms with E-state index in [4.69, 9.17) is 15.2 Å². The van der Waals surface area contributed by atoms with Crippen LogP contribution in [0.25, 0.3) is 0 Å². The molecule has 0 aromatic heterocycles. The predicted molar refractivity (Wildman–Crippen MR) is 81.6 cm³/mol. The lowest BCUT2D eigenvalue weighted by Gasteiger charge is -2.25. The van der Waals surface area contributed by atoms with Crippen LogP contribution in [0.5, 0.6) is 11.5 Å². The Morgan fingerprint density at radius 2 is 1.90 bits per heavy atom. The highest BCUT2D eigenvalue weighted by atomic mass is 16.6. The van der Waals surface area contributed by atoms with E-state index < -0.39 is 0 Å². The fourth-order valence-electron chi connectivity index (χ4n) is 2.56. The molecule has 1 atom stereocenters. The summed E-state index contributed by atoms with van der Waals surface area (Å²) in [5, 5.41) is 0. The van der Waals surface area contributed by atoms with Crippen LogP contribution in [0.3, 0.4) is 0 Å². The Morgan fingerprint density at radius 1 is 1.24 bits per heavy atom. The van der Waals surface area contributed by atoms with Gasteiger partial charge in [-0.25, -0.2) is 0 Å². The molecular formula is C16H24N2O3. The number of nitrogens with two attached hydrogens (primary N) is 1. The van der Waals surface area contributed by atoms with E-state index in [9.17, 15) is 4.79 Å². The molecule has 21 heavy (non-hydrogen) atoms. The first kappa shape index (κ1) is 15.6. The number of hydrogen-bond donors (Lipinski definition) is 1. The van der Waals surface area contributed by atoms with Crippen LogP contribution in [-0.4, -0.2) is 43.7 Å². The second-order valence-corrected chi connectivity index (χ2v) is 5.13. The minimum absolute atomic E-state index is 0.123. The van der Waals surface area contributed by atoms with Crippen molar-refractivity contribution in [3.05, 3.63) is 23.8 Å². The number of fused-ring (bicyclic) bond motifs is 1. The van der Waals surface area contributed by atoms with Crippen molar-refractivity contribution >= 4 is 5.91 Å². The van der Waals surface area contributed by atoms with Crippen molar-refractivity contribution in [1.29, 1.82) is 0 Å². The number of hydrogen-bond acceptors (Lipinski definition) is 4. The first-order valence-electron chi connectivity index (χ1n) is 7.57. The molecule has 0 aliphatic carbocycles. The van der Waals surface area contributed by atoms with Crippen molar-refractivity contribution in [1.82, 2.24) is 4.90 Å². The monoisotopic (exact) mass is 292 g/mol. The fourth-order valence-corrected chi connectivity index (χ4v) is 2.56. The first-order chi connectivity index (χ1) is 10.2. The Morgan fingerprint density at radius 3 is 2.52 bits per heavy atom. The zero-order valence-electron chi connectivity index (χ0n) is 12.8. The van der Waals surface area contributed by atoms with Crippen molar-refractivity contribution < 1.29 is 14.3 Å². The molecule has 1 aliphatic rings. The number of benzene rings is 1. The SMILES string of the molecule is CCN(CC)C(=O)C(CN)Cc1ccc2c(c1)OCCO2. The zero-order valence-corrected chi connectivity index (χ0v) is 12.8. The second kappa shape index (κ2) is 7.31. The minimum Gasteiger partial charge on any atom is -0.486 e. The van der Waals surface area contributed by atoms with Gasteiger partial charge < -0.3 is 20.1 Å². The van der Waals surface area contributed by atoms with Crippen LogP contribution in [-0.2, 0) is 11.2 Å². The summed E-state index contributed by atoms with van der Waals surface area (Å²) in [5.74, 6) is 1.46. The average Bonchev–Trinajstić information content (AvgIpc) is 2.53. The van der Waals surface area contributed by atoms with Gasteiger partial charge in [0.1, 0.15) is 13.2 Å². The van der Waals surface area contributed by atoms with Gasteiger partial charge in [-0.05, 0) is 38.0 Å². The van der Waals surface area contributed by atoms with Gasteiger partial charge in [-0.1, -0.05) is 6.07 Å². The Hall–Kier alpha value is -1.75. The van der Waals surface area contributed by atoms with E-state index in [0.717, 1.165) is 17.1 Å². The number of amides is 1. The van der Waals surface area contributed by atoms with Gasteiger partial charge in [-0.2, -0.15) is 0 Å². The third-order valence-corrected chi connectivity index (χ3v) is 3.80. The summed E-state index contributed by atoms with van der Waals surface area (Å²) < 4.78 is 11.1. The highest BCUT2D eigenvalue weighted by molar-refractivity contribution is 5.79. The quantitative estimate of drug-likeness (QED) is 0.862. The van der Waals surface area contributed by atoms with Gasteiger partial charge in [0.25, 0.3) is 0 Å². The Balaban J connectivity index is 2.09. The molecule has 0 saturated heterocycles. The van der Waals surface area contributed by atoms with Crippen LogP contribution in [0.4, 0.5) is 0 Å². The van der Waals surface area contributed by atoms with Crippen molar-refractivity contribution in [3.8, 4) is 11.5 Å². The number of nitrogens with zero attached hydrogens (tertiary/aromatic N) is 1. The summed E-state index contributed by atoms with van der Waals surface area (Å²) >= 11 is 0. The molecule has 1 unspecified atom stereocenters. The molecule has 0 spiro atoms. The maximum atomic E-state index is 12.4. The van der Waals surface area contributed by atoms with Gasteiger partial charge in [0.05, 0.1) is 5.92 Å². The standard InChI is InChI=1S/C16H24N2O3/c1-3-18(4-2)16(19)13(11-17)9-12-5-6-14-15(10-12)21-8-7-20-14/h5-6,10,13H,3-4,7-9,11,17H2,1-2H3. The fraction of sp³-hybridized carbons (Fsp3) is 0.562. The predicted octanol–water partition coefficient (Wildman–Crippen LogP) is 1.44. The molecule has 1 aromatic rings. The number of carbonyl (C=O) groups excluding carboxylic acids is 1. The molecule has 116 valence electrons. The summed E-state index contributed by atoms with van der Waals surface area (Å²) in [6.45, 7) is 6.90. The third-order valence-electron chi connectivity index (χ3n) is 3.80. The van der Waals surface area contributed by atoms with Crippen molar-refractivity contribution in [2.45, 2.75) is 20.3 Å². The Bertz CT molecular complexity index is 486. The van der Waals surface area contributed by atoms with Crippen LogP contribution in [0, 0.1) is 5.92 Å². The number of ether oxygens (including phenoxy) is 2. The summed E-state index contributed by atoms with van der Waals surface area (Å²) in [4.78, 5) is 14.2. The Labute approximate surface area is 126 Å². The molecule has 0 saturated carbocycles. The number of carbonyl (C=O) groups is 1. The lowest BCUT2D eigenvalue weighted by molar-refractivity contribution is -0.134. The third kappa shape index (κ3) is 3.67. The number of rotatable bonds is 6. The lowest BCUT2D eigenvalue weighted by atomic mass is 9.97. The van der Waals surface area contributed by atoms with Crippen molar-refractivity contribution in [2.24, 2.45) is 11.7 Å². The molecule has 1 heterocycles. The average molecular weight is 292 g/mol. The topological polar surface area (TPSA) is 64.8 Å². The maximum Gasteiger partial charge on any atom is 0.227 e. The van der Waals surface area contributed by atoms with Gasteiger partial charge in [0, 0.05) is 19.6 Å². The van der Waals surface area contributed by atoms with Gasteiger partial charge in [0.15, 0.2) is 11.5 Å². The van der Waals surface area contributed by atoms with Crippen molar-refractivity contribution in [2.75, 3.05) is 32.8 Å². The molecule has 0 radical (unpaired) electrons. The first-order valence-corrected chi connectivity index (χ1v) is 7.57. The molecular weight excluding hydrogens is 268 g/mol. The summed E-state index contributed by atoms with van der Waals surface area (Å²) in [6, 6.07) is 5.83. The molecule has 1 aliphatic heterocycles. The van der Waals surface area contributed by atoms with E-state index in [1.54, 1.807) is 0 Å². The minimum atomic E-state index is -0.188. The highest BCUT2D eigenvalue weighted by Gasteiger charge is 2.22. The van der Waals surface area contributed by atoms with Gasteiger partial charge >= 0.3 is 0 Å². The molecule has 5 nitrogen and oxygen atoms in total. The van der Waals surface area contributed by atoms with Crippen LogP contribution >= 0.6 is 0 Å². The van der Waals surface area contributed by atoms with E-state index in [-0.39, 0.29) is 11.8 Å². The van der Waals surface area contributed by atoms with E-state index in [2.05, 4.69) is 0 Å². The molecule has 2 N–H and O–H groups in total. The van der Waals surface area contributed by atoms with Gasteiger partial charge in [-0.15, -0.1) is 0 Å². The molecule has 0 bridgehead atoms. The van der Waals surface area contributed by atoms with Crippen molar-refractivity contribution in [3.63, 3.8) is 0 Å². The van der Waals surface area contributed by atoms with E-state index >= 15 is 0 Å². The molecule has 2 rings (SSSR count). The highest BCUT2D eigenvalue weighted by Crippen LogP contribution is 2.31. The lowest BCUT2D eigenvalue weighted by Crippen LogP contribution is -2.39. The normalized spacial score (nSPS) is 14.6. The molecule has 1 amide bonds. The smallest absolute Gasteiger partial charge is 0.227 e. The van der Waals surface area contributed by atoms with Crippen LogP contribution < -0.4 is 15.2 Å². The molecule has 5 heteroatoms. The van der Waals surface area contributed by atoms with Crippen LogP contribution in [0.15, 0.2) is 18.2 Å². The van der Waals surface area contributed by atoms with Gasteiger partial charge in [0.2, 0.25) is 5.91 Å². The zero-order chi connectivity index (χ0) is 15.2. The second-order valence-electron chi connectivity index (χ2n) is 5.13. The molecule has 0 fully saturated rings. The summed E-state index contributed by atoms with van der Waals surface area (Å²) in [7, 11) is 0. The summed E-state index contributed by atoms with van der Waals surface area (Å²) in [6.07, 6.45) is 0.627. The van der Waals surface area contributed by atoms with E-state index in [0.29, 0.717) is 39.3 Å².